The van der Waals surface area contributed by atoms with Crippen LogP contribution in [0, 0.1) is 0 Å². The van der Waals surface area contributed by atoms with Crippen molar-refractivity contribution in [2.24, 2.45) is 5.73 Å². The zero-order chi connectivity index (χ0) is 13.2. The summed E-state index contributed by atoms with van der Waals surface area (Å²) < 4.78 is 39.2. The van der Waals surface area contributed by atoms with Gasteiger partial charge in [-0.25, -0.2) is 0 Å². The van der Waals surface area contributed by atoms with Crippen molar-refractivity contribution in [2.75, 3.05) is 6.54 Å². The Kier molecular flexibility index (Phi) is 3.43. The van der Waals surface area contributed by atoms with E-state index < -0.39 is 11.7 Å². The van der Waals surface area contributed by atoms with E-state index in [1.54, 1.807) is 0 Å². The summed E-state index contributed by atoms with van der Waals surface area (Å²) in [7, 11) is 0. The summed E-state index contributed by atoms with van der Waals surface area (Å²) >= 11 is 0. The number of aromatic nitrogens is 1. The van der Waals surface area contributed by atoms with Crippen LogP contribution in [-0.4, -0.2) is 11.1 Å². The fourth-order valence-electron chi connectivity index (χ4n) is 1.83. The molecule has 2 rings (SSSR count). The van der Waals surface area contributed by atoms with Crippen molar-refractivity contribution in [1.29, 1.82) is 0 Å². The molecule has 0 bridgehead atoms. The van der Waals surface area contributed by atoms with Crippen molar-refractivity contribution < 1.29 is 13.2 Å². The van der Waals surface area contributed by atoms with Gasteiger partial charge < -0.3 is 10.3 Å². The Hall–Kier alpha value is -1.75. The number of hydrogen-bond acceptors (Lipinski definition) is 1. The smallest absolute Gasteiger partial charge is 0.330 e. The summed E-state index contributed by atoms with van der Waals surface area (Å²) in [6.45, 7) is 0.505. The van der Waals surface area contributed by atoms with Crippen molar-refractivity contribution in [2.45, 2.75) is 12.6 Å². The van der Waals surface area contributed by atoms with Crippen molar-refractivity contribution in [3.63, 3.8) is 0 Å². The Morgan fingerprint density at radius 2 is 1.72 bits per heavy atom. The number of hydrogen-bond donors (Lipinski definition) is 1. The van der Waals surface area contributed by atoms with E-state index in [-0.39, 0.29) is 0 Å². The van der Waals surface area contributed by atoms with Crippen LogP contribution in [0.3, 0.4) is 0 Å². The third-order valence-corrected chi connectivity index (χ3v) is 2.71. The molecule has 0 unspecified atom stereocenters. The molecule has 1 aromatic heterocycles. The Balaban J connectivity index is 2.32. The number of benzene rings is 1. The quantitative estimate of drug-likeness (QED) is 0.896. The van der Waals surface area contributed by atoms with Crippen LogP contribution in [0.2, 0.25) is 0 Å². The Morgan fingerprint density at radius 3 is 2.28 bits per heavy atom. The van der Waals surface area contributed by atoms with E-state index >= 15 is 0 Å². The van der Waals surface area contributed by atoms with E-state index in [4.69, 9.17) is 5.73 Å². The number of alkyl halides is 3. The Labute approximate surface area is 103 Å². The molecule has 2 N–H and O–H groups in total. The molecule has 0 aliphatic heterocycles. The Morgan fingerprint density at radius 1 is 1.06 bits per heavy atom. The average Bonchev–Trinajstić information content (AvgIpc) is 2.77. The number of nitrogens with two attached hydrogens (primary N) is 1. The van der Waals surface area contributed by atoms with Crippen LogP contribution in [0.4, 0.5) is 13.2 Å². The lowest BCUT2D eigenvalue weighted by Crippen LogP contribution is -2.08. The van der Waals surface area contributed by atoms with Gasteiger partial charge in [-0.05, 0) is 42.9 Å². The van der Waals surface area contributed by atoms with Crippen LogP contribution in [0.5, 0.6) is 0 Å². The first-order valence-corrected chi connectivity index (χ1v) is 5.56. The molecule has 5 heteroatoms. The number of nitrogens with zero attached hydrogens (tertiary/aromatic N) is 1. The lowest BCUT2D eigenvalue weighted by atomic mass is 10.2. The van der Waals surface area contributed by atoms with E-state index in [2.05, 4.69) is 0 Å². The fraction of sp³-hybridized carbons (Fsp3) is 0.231. The third-order valence-electron chi connectivity index (χ3n) is 2.71. The minimum Gasteiger partial charge on any atom is -0.330 e. The molecule has 18 heavy (non-hydrogen) atoms. The minimum atomic E-state index is -4.30. The summed E-state index contributed by atoms with van der Waals surface area (Å²) in [4.78, 5) is 0. The summed E-state index contributed by atoms with van der Waals surface area (Å²) in [6, 6.07) is 8.85. The molecule has 0 amide bonds. The molecular weight excluding hydrogens is 241 g/mol. The van der Waals surface area contributed by atoms with Crippen molar-refractivity contribution in [3.8, 4) is 5.69 Å². The molecule has 1 heterocycles. The second kappa shape index (κ2) is 4.86. The number of rotatable bonds is 3. The van der Waals surface area contributed by atoms with Crippen LogP contribution < -0.4 is 5.73 Å². The fourth-order valence-corrected chi connectivity index (χ4v) is 1.83. The topological polar surface area (TPSA) is 30.9 Å². The molecule has 0 spiro atoms. The molecule has 1 aromatic carbocycles. The highest BCUT2D eigenvalue weighted by molar-refractivity contribution is 5.38. The monoisotopic (exact) mass is 254 g/mol. The largest absolute Gasteiger partial charge is 0.416 e. The van der Waals surface area contributed by atoms with Crippen molar-refractivity contribution in [1.82, 2.24) is 4.57 Å². The van der Waals surface area contributed by atoms with Crippen molar-refractivity contribution >= 4 is 0 Å². The maximum atomic E-state index is 12.4. The van der Waals surface area contributed by atoms with Crippen LogP contribution in [0.15, 0.2) is 42.6 Å². The van der Waals surface area contributed by atoms with E-state index in [9.17, 15) is 13.2 Å². The van der Waals surface area contributed by atoms with Gasteiger partial charge in [-0.15, -0.1) is 0 Å². The van der Waals surface area contributed by atoms with Crippen LogP contribution in [-0.2, 0) is 12.6 Å². The highest BCUT2D eigenvalue weighted by Gasteiger charge is 2.29. The van der Waals surface area contributed by atoms with Crippen LogP contribution in [0.1, 0.15) is 11.3 Å². The predicted octanol–water partition coefficient (Wildman–Crippen LogP) is 3.00. The molecular formula is C13H13F3N2. The van der Waals surface area contributed by atoms with Gasteiger partial charge in [0.2, 0.25) is 0 Å². The summed E-state index contributed by atoms with van der Waals surface area (Å²) in [6.07, 6.45) is -1.79. The molecule has 0 fully saturated rings. The molecule has 0 saturated carbocycles. The molecule has 0 saturated heterocycles. The van der Waals surface area contributed by atoms with Gasteiger partial charge in [-0.3, -0.25) is 0 Å². The first kappa shape index (κ1) is 12.7. The lowest BCUT2D eigenvalue weighted by Gasteiger charge is -2.11. The van der Waals surface area contributed by atoms with Gasteiger partial charge in [0.25, 0.3) is 0 Å². The molecule has 2 nitrogen and oxygen atoms in total. The predicted molar refractivity (Wildman–Crippen MR) is 63.5 cm³/mol. The zero-order valence-corrected chi connectivity index (χ0v) is 9.61. The summed E-state index contributed by atoms with van der Waals surface area (Å²) in [5.41, 5.74) is 6.53. The summed E-state index contributed by atoms with van der Waals surface area (Å²) in [5.74, 6) is 0. The van der Waals surface area contributed by atoms with Gasteiger partial charge in [0.1, 0.15) is 0 Å². The normalized spacial score (nSPS) is 11.8. The van der Waals surface area contributed by atoms with E-state index in [0.717, 1.165) is 17.8 Å². The lowest BCUT2D eigenvalue weighted by molar-refractivity contribution is -0.137. The molecule has 2 aromatic rings. The van der Waals surface area contributed by atoms with Gasteiger partial charge in [-0.1, -0.05) is 0 Å². The molecule has 0 radical (unpaired) electrons. The third kappa shape index (κ3) is 2.56. The van der Waals surface area contributed by atoms with Gasteiger partial charge in [0.15, 0.2) is 0 Å². The average molecular weight is 254 g/mol. The maximum Gasteiger partial charge on any atom is 0.416 e. The number of halogens is 3. The molecule has 0 atom stereocenters. The highest BCUT2D eigenvalue weighted by Crippen LogP contribution is 2.29. The zero-order valence-electron chi connectivity index (χ0n) is 9.61. The van der Waals surface area contributed by atoms with Crippen LogP contribution >= 0.6 is 0 Å². The first-order valence-electron chi connectivity index (χ1n) is 5.56. The standard InChI is InChI=1S/C13H13F3N2/c14-13(15,16)10-3-5-12(6-4-10)18-9-1-2-11(18)7-8-17/h1-6,9H,7-8,17H2. The maximum absolute atomic E-state index is 12.4. The SMILES string of the molecule is NCCc1cccn1-c1ccc(C(F)(F)F)cc1. The molecule has 96 valence electrons. The van der Waals surface area contributed by atoms with Gasteiger partial charge in [0, 0.05) is 24.0 Å². The van der Waals surface area contributed by atoms with Crippen LogP contribution in [0.25, 0.3) is 5.69 Å². The van der Waals surface area contributed by atoms with Crippen molar-refractivity contribution in [3.05, 3.63) is 53.9 Å². The van der Waals surface area contributed by atoms with Gasteiger partial charge in [-0.2, -0.15) is 13.2 Å². The molecule has 0 aliphatic rings. The molecule has 0 aliphatic carbocycles. The van der Waals surface area contributed by atoms with E-state index in [1.807, 2.05) is 22.9 Å². The minimum absolute atomic E-state index is 0.505. The second-order valence-corrected chi connectivity index (χ2v) is 3.95. The van der Waals surface area contributed by atoms with Gasteiger partial charge >= 0.3 is 6.18 Å². The van der Waals surface area contributed by atoms with E-state index in [1.165, 1.54) is 12.1 Å². The first-order chi connectivity index (χ1) is 8.52. The summed E-state index contributed by atoms with van der Waals surface area (Å²) in [5, 5.41) is 0. The highest BCUT2D eigenvalue weighted by atomic mass is 19.4. The van der Waals surface area contributed by atoms with E-state index in [0.29, 0.717) is 18.7 Å². The second-order valence-electron chi connectivity index (χ2n) is 3.95. The van der Waals surface area contributed by atoms with Gasteiger partial charge in [0.05, 0.1) is 5.56 Å². The Bertz CT molecular complexity index is 512.